The van der Waals surface area contributed by atoms with Gasteiger partial charge in [-0.05, 0) is 31.8 Å². The summed E-state index contributed by atoms with van der Waals surface area (Å²) in [5, 5.41) is 9.24. The molecule has 0 aromatic rings. The minimum atomic E-state index is -0.0621. The summed E-state index contributed by atoms with van der Waals surface area (Å²) in [6.45, 7) is 8.99. The highest BCUT2D eigenvalue weighted by Crippen LogP contribution is 2.16. The van der Waals surface area contributed by atoms with Gasteiger partial charge in [0.2, 0.25) is 5.91 Å². The first kappa shape index (κ1) is 25.4. The van der Waals surface area contributed by atoms with Crippen LogP contribution in [0, 0.1) is 5.92 Å². The number of rotatable bonds is 9. The number of nitrogens with one attached hydrogen (secondary N) is 3. The van der Waals surface area contributed by atoms with E-state index in [2.05, 4.69) is 39.7 Å². The summed E-state index contributed by atoms with van der Waals surface area (Å²) < 4.78 is 4.92. The number of amides is 1. The Morgan fingerprint density at radius 1 is 1.12 bits per heavy atom. The second-order valence-electron chi connectivity index (χ2n) is 6.91. The number of carbonyl (C=O) groups excluding carboxylic acids is 1. The van der Waals surface area contributed by atoms with Crippen LogP contribution in [-0.4, -0.2) is 76.3 Å². The number of carbonyl (C=O) groups is 1. The molecule has 26 heavy (non-hydrogen) atoms. The molecule has 8 heteroatoms. The molecule has 1 amide bonds. The fourth-order valence-corrected chi connectivity index (χ4v) is 3.15. The quantitative estimate of drug-likeness (QED) is 0.200. The normalized spacial score (nSPS) is 17.2. The second-order valence-corrected chi connectivity index (χ2v) is 6.91. The van der Waals surface area contributed by atoms with Crippen molar-refractivity contribution in [2.75, 3.05) is 53.5 Å². The van der Waals surface area contributed by atoms with E-state index in [1.807, 2.05) is 0 Å². The van der Waals surface area contributed by atoms with E-state index in [1.165, 1.54) is 38.8 Å². The molecule has 0 bridgehead atoms. The van der Waals surface area contributed by atoms with Gasteiger partial charge in [-0.3, -0.25) is 14.7 Å². The standard InChI is InChI=1S/C18H37N5O2.HI/c1-15(2)16(23-10-7-5-6-8-11-23)13-21-18(19-3)22-14-17(24)20-9-12-25-4;/h15-16H,5-14H2,1-4H3,(H,20,24)(H2,19,21,22);1H. The van der Waals surface area contributed by atoms with Gasteiger partial charge in [0.05, 0.1) is 13.2 Å². The average molecular weight is 483 g/mol. The summed E-state index contributed by atoms with van der Waals surface area (Å²) in [5.41, 5.74) is 0. The molecule has 1 unspecified atom stereocenters. The number of nitrogens with zero attached hydrogens (tertiary/aromatic N) is 2. The fourth-order valence-electron chi connectivity index (χ4n) is 3.15. The van der Waals surface area contributed by atoms with Crippen LogP contribution in [0.2, 0.25) is 0 Å². The van der Waals surface area contributed by atoms with Crippen molar-refractivity contribution in [2.24, 2.45) is 10.9 Å². The highest BCUT2D eigenvalue weighted by atomic mass is 127. The van der Waals surface area contributed by atoms with Gasteiger partial charge >= 0.3 is 0 Å². The molecule has 7 nitrogen and oxygen atoms in total. The van der Waals surface area contributed by atoms with Gasteiger partial charge in [-0.25, -0.2) is 0 Å². The van der Waals surface area contributed by atoms with Gasteiger partial charge < -0.3 is 20.7 Å². The summed E-state index contributed by atoms with van der Waals surface area (Å²) in [6, 6.07) is 0.479. The summed E-state index contributed by atoms with van der Waals surface area (Å²) in [6.07, 6.45) is 5.27. The Labute approximate surface area is 176 Å². The summed E-state index contributed by atoms with van der Waals surface area (Å²) in [5.74, 6) is 1.18. The summed E-state index contributed by atoms with van der Waals surface area (Å²) >= 11 is 0. The monoisotopic (exact) mass is 483 g/mol. The minimum Gasteiger partial charge on any atom is -0.383 e. The van der Waals surface area contributed by atoms with Crippen molar-refractivity contribution in [1.29, 1.82) is 0 Å². The summed E-state index contributed by atoms with van der Waals surface area (Å²) in [7, 11) is 3.35. The largest absolute Gasteiger partial charge is 0.383 e. The Morgan fingerprint density at radius 3 is 2.31 bits per heavy atom. The first-order chi connectivity index (χ1) is 12.1. The molecule has 3 N–H and O–H groups in total. The number of methoxy groups -OCH3 is 1. The van der Waals surface area contributed by atoms with Crippen LogP contribution in [0.25, 0.3) is 0 Å². The number of halogens is 1. The highest BCUT2D eigenvalue weighted by Gasteiger charge is 2.22. The third-order valence-corrected chi connectivity index (χ3v) is 4.63. The molecule has 0 radical (unpaired) electrons. The van der Waals surface area contributed by atoms with Crippen molar-refractivity contribution in [2.45, 2.75) is 45.6 Å². The lowest BCUT2D eigenvalue weighted by atomic mass is 10.0. The van der Waals surface area contributed by atoms with Crippen molar-refractivity contribution in [3.8, 4) is 0 Å². The number of hydrogen-bond donors (Lipinski definition) is 3. The van der Waals surface area contributed by atoms with Crippen LogP contribution in [0.4, 0.5) is 0 Å². The Kier molecular flexibility index (Phi) is 15.1. The molecular formula is C18H38IN5O2. The smallest absolute Gasteiger partial charge is 0.239 e. The lowest BCUT2D eigenvalue weighted by Crippen LogP contribution is -2.51. The van der Waals surface area contributed by atoms with E-state index in [-0.39, 0.29) is 36.4 Å². The van der Waals surface area contributed by atoms with Crippen LogP contribution in [0.5, 0.6) is 0 Å². The number of guanidine groups is 1. The third kappa shape index (κ3) is 10.5. The van der Waals surface area contributed by atoms with Gasteiger partial charge in [0, 0.05) is 33.3 Å². The third-order valence-electron chi connectivity index (χ3n) is 4.63. The Morgan fingerprint density at radius 2 is 1.77 bits per heavy atom. The van der Waals surface area contributed by atoms with Crippen molar-refractivity contribution in [3.05, 3.63) is 0 Å². The Hall–Kier alpha value is -0.610. The summed E-state index contributed by atoms with van der Waals surface area (Å²) in [4.78, 5) is 18.6. The van der Waals surface area contributed by atoms with Crippen LogP contribution >= 0.6 is 24.0 Å². The first-order valence-electron chi connectivity index (χ1n) is 9.52. The number of ether oxygens (including phenoxy) is 1. The molecule has 0 aliphatic carbocycles. The van der Waals surface area contributed by atoms with Crippen LogP contribution in [0.15, 0.2) is 4.99 Å². The predicted octanol–water partition coefficient (Wildman–Crippen LogP) is 1.43. The lowest BCUT2D eigenvalue weighted by Gasteiger charge is -2.34. The molecule has 1 rings (SSSR count). The maximum absolute atomic E-state index is 11.7. The number of hydrogen-bond acceptors (Lipinski definition) is 4. The molecule has 1 fully saturated rings. The number of likely N-dealkylation sites (tertiary alicyclic amines) is 1. The molecule has 1 atom stereocenters. The van der Waals surface area contributed by atoms with E-state index >= 15 is 0 Å². The molecule has 1 saturated heterocycles. The van der Waals surface area contributed by atoms with Crippen LogP contribution in [0.3, 0.4) is 0 Å². The van der Waals surface area contributed by atoms with Crippen molar-refractivity contribution in [3.63, 3.8) is 0 Å². The van der Waals surface area contributed by atoms with Gasteiger partial charge in [-0.15, -0.1) is 24.0 Å². The molecule has 0 aromatic heterocycles. The van der Waals surface area contributed by atoms with Gasteiger partial charge in [-0.2, -0.15) is 0 Å². The zero-order valence-electron chi connectivity index (χ0n) is 16.8. The Bertz CT molecular complexity index is 399. The SMILES string of the molecule is CN=C(NCC(=O)NCCOC)NCC(C(C)C)N1CCCCCC1.I. The predicted molar refractivity (Wildman–Crippen MR) is 118 cm³/mol. The van der Waals surface area contributed by atoms with E-state index in [9.17, 15) is 4.79 Å². The van der Waals surface area contributed by atoms with Crippen molar-refractivity contribution < 1.29 is 9.53 Å². The molecule has 154 valence electrons. The average Bonchev–Trinajstić information content (AvgIpc) is 2.87. The molecule has 0 aromatic carbocycles. The molecule has 0 saturated carbocycles. The van der Waals surface area contributed by atoms with Crippen LogP contribution < -0.4 is 16.0 Å². The Balaban J connectivity index is 0.00000625. The van der Waals surface area contributed by atoms with Gasteiger partial charge in [0.15, 0.2) is 5.96 Å². The fraction of sp³-hybridized carbons (Fsp3) is 0.889. The minimum absolute atomic E-state index is 0. The highest BCUT2D eigenvalue weighted by molar-refractivity contribution is 14.0. The second kappa shape index (κ2) is 15.4. The van der Waals surface area contributed by atoms with E-state index < -0.39 is 0 Å². The van der Waals surface area contributed by atoms with Gasteiger partial charge in [0.25, 0.3) is 0 Å². The molecule has 1 aliphatic heterocycles. The maximum Gasteiger partial charge on any atom is 0.239 e. The van der Waals surface area contributed by atoms with E-state index in [0.717, 1.165) is 6.54 Å². The first-order valence-corrected chi connectivity index (χ1v) is 9.52. The van der Waals surface area contributed by atoms with Crippen LogP contribution in [-0.2, 0) is 9.53 Å². The van der Waals surface area contributed by atoms with E-state index in [0.29, 0.717) is 31.1 Å². The van der Waals surface area contributed by atoms with E-state index in [4.69, 9.17) is 4.74 Å². The molecule has 1 heterocycles. The van der Waals surface area contributed by atoms with Crippen molar-refractivity contribution in [1.82, 2.24) is 20.9 Å². The van der Waals surface area contributed by atoms with Crippen LogP contribution in [0.1, 0.15) is 39.5 Å². The molecule has 0 spiro atoms. The zero-order chi connectivity index (χ0) is 18.5. The number of aliphatic imine (C=N–C) groups is 1. The molecular weight excluding hydrogens is 445 g/mol. The van der Waals surface area contributed by atoms with Gasteiger partial charge in [0.1, 0.15) is 0 Å². The van der Waals surface area contributed by atoms with E-state index in [1.54, 1.807) is 14.2 Å². The van der Waals surface area contributed by atoms with Gasteiger partial charge in [-0.1, -0.05) is 26.7 Å². The zero-order valence-corrected chi connectivity index (χ0v) is 19.2. The lowest BCUT2D eigenvalue weighted by molar-refractivity contribution is -0.120. The molecule has 1 aliphatic rings. The van der Waals surface area contributed by atoms with Crippen molar-refractivity contribution >= 4 is 35.8 Å². The topological polar surface area (TPSA) is 78.0 Å². The maximum atomic E-state index is 11.7.